The van der Waals surface area contributed by atoms with E-state index < -0.39 is 0 Å². The van der Waals surface area contributed by atoms with Gasteiger partial charge in [0, 0.05) is 6.92 Å². The van der Waals surface area contributed by atoms with Crippen molar-refractivity contribution in [1.29, 1.82) is 5.26 Å². The van der Waals surface area contributed by atoms with E-state index in [9.17, 15) is 0 Å². The van der Waals surface area contributed by atoms with E-state index in [1.54, 1.807) is 6.07 Å². The predicted molar refractivity (Wildman–Crippen MR) is 61.7 cm³/mol. The van der Waals surface area contributed by atoms with Gasteiger partial charge in [-0.2, -0.15) is 5.26 Å². The Labute approximate surface area is 85.2 Å². The molecular formula is C12H27N. The van der Waals surface area contributed by atoms with Crippen LogP contribution in [0.4, 0.5) is 0 Å². The van der Waals surface area contributed by atoms with Crippen molar-refractivity contribution in [3.63, 3.8) is 0 Å². The highest BCUT2D eigenvalue weighted by Crippen LogP contribution is 2.15. The summed E-state index contributed by atoms with van der Waals surface area (Å²) in [7, 11) is 0. The summed E-state index contributed by atoms with van der Waals surface area (Å²) in [5.74, 6) is 0. The van der Waals surface area contributed by atoms with Crippen LogP contribution in [0.2, 0.25) is 0 Å². The van der Waals surface area contributed by atoms with E-state index in [0.29, 0.717) is 0 Å². The van der Waals surface area contributed by atoms with E-state index in [0.717, 1.165) is 0 Å². The highest BCUT2D eigenvalue weighted by Gasteiger charge is 1.95. The van der Waals surface area contributed by atoms with Gasteiger partial charge in [0.25, 0.3) is 0 Å². The number of hydrogen-bond acceptors (Lipinski definition) is 1. The van der Waals surface area contributed by atoms with Crippen LogP contribution in [0.15, 0.2) is 0 Å². The SMILES string of the molecule is C1CCCCC1.CC.CC.CC#N. The lowest BCUT2D eigenvalue weighted by molar-refractivity contribution is 0.504. The molecule has 13 heavy (non-hydrogen) atoms. The molecule has 0 unspecified atom stereocenters. The third-order valence-corrected chi connectivity index (χ3v) is 1.50. The first-order valence-electron chi connectivity index (χ1n) is 5.72. The smallest absolute Gasteiger partial charge is 0.0587 e. The summed E-state index contributed by atoms with van der Waals surface area (Å²) in [6, 6.07) is 1.75. The highest BCUT2D eigenvalue weighted by atomic mass is 14.2. The van der Waals surface area contributed by atoms with Gasteiger partial charge in [-0.3, -0.25) is 0 Å². The summed E-state index contributed by atoms with van der Waals surface area (Å²) < 4.78 is 0. The monoisotopic (exact) mass is 185 g/mol. The summed E-state index contributed by atoms with van der Waals surface area (Å²) in [6.45, 7) is 9.43. The van der Waals surface area contributed by atoms with Gasteiger partial charge in [-0.1, -0.05) is 66.2 Å². The van der Waals surface area contributed by atoms with Crippen LogP contribution < -0.4 is 0 Å². The van der Waals surface area contributed by atoms with Crippen LogP contribution in [0.25, 0.3) is 0 Å². The molecular weight excluding hydrogens is 158 g/mol. The Morgan fingerprint density at radius 2 is 0.769 bits per heavy atom. The van der Waals surface area contributed by atoms with E-state index in [4.69, 9.17) is 5.26 Å². The van der Waals surface area contributed by atoms with E-state index >= 15 is 0 Å². The molecule has 0 saturated heterocycles. The molecule has 1 aliphatic carbocycles. The van der Waals surface area contributed by atoms with Gasteiger partial charge in [0.15, 0.2) is 0 Å². The van der Waals surface area contributed by atoms with Gasteiger partial charge < -0.3 is 0 Å². The van der Waals surface area contributed by atoms with Gasteiger partial charge in [0.2, 0.25) is 0 Å². The van der Waals surface area contributed by atoms with Gasteiger partial charge in [-0.15, -0.1) is 0 Å². The number of nitriles is 1. The zero-order valence-corrected chi connectivity index (χ0v) is 10.2. The zero-order chi connectivity index (χ0) is 10.9. The van der Waals surface area contributed by atoms with Crippen molar-refractivity contribution in [2.45, 2.75) is 73.1 Å². The largest absolute Gasteiger partial charge is 0.199 e. The number of rotatable bonds is 0. The number of hydrogen-bond donors (Lipinski definition) is 0. The first kappa shape index (κ1) is 18.3. The quantitative estimate of drug-likeness (QED) is 0.525. The van der Waals surface area contributed by atoms with E-state index in [1.807, 2.05) is 27.7 Å². The first-order chi connectivity index (χ1) is 6.41. The maximum atomic E-state index is 7.32. The second kappa shape index (κ2) is 30.0. The molecule has 1 fully saturated rings. The van der Waals surface area contributed by atoms with Crippen LogP contribution in [0.5, 0.6) is 0 Å². The molecule has 80 valence electrons. The summed E-state index contributed by atoms with van der Waals surface area (Å²) in [6.07, 6.45) is 9.00. The number of nitrogens with zero attached hydrogens (tertiary/aromatic N) is 1. The lowest BCUT2D eigenvalue weighted by atomic mass is 10.0. The van der Waals surface area contributed by atoms with E-state index in [1.165, 1.54) is 45.4 Å². The van der Waals surface area contributed by atoms with E-state index in [2.05, 4.69) is 0 Å². The molecule has 0 N–H and O–H groups in total. The predicted octanol–water partition coefficient (Wildman–Crippen LogP) is 4.92. The van der Waals surface area contributed by atoms with Crippen molar-refractivity contribution in [1.82, 2.24) is 0 Å². The lowest BCUT2D eigenvalue weighted by Gasteiger charge is -2.05. The molecule has 1 rings (SSSR count). The summed E-state index contributed by atoms with van der Waals surface area (Å²) in [5.41, 5.74) is 0. The van der Waals surface area contributed by atoms with Crippen LogP contribution in [-0.2, 0) is 0 Å². The molecule has 1 heteroatoms. The van der Waals surface area contributed by atoms with Gasteiger partial charge >= 0.3 is 0 Å². The van der Waals surface area contributed by atoms with Crippen LogP contribution in [0.3, 0.4) is 0 Å². The second-order valence-corrected chi connectivity index (χ2v) is 2.34. The fraction of sp³-hybridized carbons (Fsp3) is 0.917. The minimum absolute atomic E-state index is 1.43. The Kier molecular flexibility index (Phi) is 42.3. The standard InChI is InChI=1S/C6H12.C2H3N.2C2H6/c1-2-4-6-5-3-1;1-2-3;2*1-2/h1-6H2;1H3;2*1-2H3. The van der Waals surface area contributed by atoms with Crippen LogP contribution in [-0.4, -0.2) is 0 Å². The Bertz CT molecular complexity index is 66.1. The molecule has 0 aromatic carbocycles. The van der Waals surface area contributed by atoms with Crippen molar-refractivity contribution in [3.8, 4) is 6.07 Å². The third-order valence-electron chi connectivity index (χ3n) is 1.50. The maximum Gasteiger partial charge on any atom is 0.0587 e. The summed E-state index contributed by atoms with van der Waals surface area (Å²) >= 11 is 0. The molecule has 0 amide bonds. The summed E-state index contributed by atoms with van der Waals surface area (Å²) in [5, 5.41) is 7.32. The van der Waals surface area contributed by atoms with Crippen LogP contribution in [0.1, 0.15) is 73.1 Å². The lowest BCUT2D eigenvalue weighted by Crippen LogP contribution is -1.85. The molecule has 1 nitrogen and oxygen atoms in total. The average Bonchev–Trinajstić information content (AvgIpc) is 2.27. The van der Waals surface area contributed by atoms with Crippen molar-refractivity contribution in [2.75, 3.05) is 0 Å². The topological polar surface area (TPSA) is 23.8 Å². The second-order valence-electron chi connectivity index (χ2n) is 2.34. The van der Waals surface area contributed by atoms with Crippen molar-refractivity contribution in [3.05, 3.63) is 0 Å². The Morgan fingerprint density at radius 1 is 0.692 bits per heavy atom. The maximum absolute atomic E-state index is 7.32. The average molecular weight is 185 g/mol. The fourth-order valence-corrected chi connectivity index (χ4v) is 1.06. The molecule has 0 spiro atoms. The van der Waals surface area contributed by atoms with Gasteiger partial charge in [-0.05, 0) is 0 Å². The van der Waals surface area contributed by atoms with Crippen molar-refractivity contribution in [2.24, 2.45) is 0 Å². The molecule has 0 aromatic heterocycles. The minimum Gasteiger partial charge on any atom is -0.199 e. The molecule has 0 heterocycles. The van der Waals surface area contributed by atoms with Gasteiger partial charge in [0.05, 0.1) is 6.07 Å². The highest BCUT2D eigenvalue weighted by molar-refractivity contribution is 4.51. The minimum atomic E-state index is 1.43. The molecule has 0 aromatic rings. The molecule has 0 aliphatic heterocycles. The molecule has 0 radical (unpaired) electrons. The van der Waals surface area contributed by atoms with Crippen molar-refractivity contribution < 1.29 is 0 Å². The molecule has 0 bridgehead atoms. The van der Waals surface area contributed by atoms with Crippen LogP contribution >= 0.6 is 0 Å². The van der Waals surface area contributed by atoms with Crippen molar-refractivity contribution >= 4 is 0 Å². The van der Waals surface area contributed by atoms with E-state index in [-0.39, 0.29) is 0 Å². The Hall–Kier alpha value is -0.510. The molecule has 1 saturated carbocycles. The third kappa shape index (κ3) is 34.3. The fourth-order valence-electron chi connectivity index (χ4n) is 1.06. The molecule has 1 aliphatic rings. The first-order valence-corrected chi connectivity index (χ1v) is 5.72. The molecule has 0 atom stereocenters. The Balaban J connectivity index is -0.000000124. The zero-order valence-electron chi connectivity index (χ0n) is 10.2. The Morgan fingerprint density at radius 3 is 0.846 bits per heavy atom. The summed E-state index contributed by atoms with van der Waals surface area (Å²) in [4.78, 5) is 0. The van der Waals surface area contributed by atoms with Gasteiger partial charge in [0.1, 0.15) is 0 Å². The van der Waals surface area contributed by atoms with Crippen LogP contribution in [0, 0.1) is 11.3 Å². The normalized spacial score (nSPS) is 12.6. The van der Waals surface area contributed by atoms with Gasteiger partial charge in [-0.25, -0.2) is 0 Å².